The van der Waals surface area contributed by atoms with Gasteiger partial charge in [0.1, 0.15) is 0 Å². The first-order chi connectivity index (χ1) is 9.00. The summed E-state index contributed by atoms with van der Waals surface area (Å²) in [6.45, 7) is 1.68. The number of hydrogen-bond acceptors (Lipinski definition) is 4. The SMILES string of the molecule is CC(O)C1CC(O)C(CCCCCCCC(=O)O)O1. The fourth-order valence-corrected chi connectivity index (χ4v) is 2.48. The Morgan fingerprint density at radius 2 is 1.89 bits per heavy atom. The van der Waals surface area contributed by atoms with Crippen molar-refractivity contribution in [2.45, 2.75) is 82.7 Å². The lowest BCUT2D eigenvalue weighted by Gasteiger charge is -2.16. The molecular weight excluding hydrogens is 248 g/mol. The van der Waals surface area contributed by atoms with Crippen LogP contribution in [0.4, 0.5) is 0 Å². The zero-order valence-corrected chi connectivity index (χ0v) is 11.6. The Hall–Kier alpha value is -0.650. The molecule has 0 aliphatic carbocycles. The first-order valence-electron chi connectivity index (χ1n) is 7.24. The van der Waals surface area contributed by atoms with Crippen molar-refractivity contribution in [1.82, 2.24) is 0 Å². The van der Waals surface area contributed by atoms with Crippen molar-refractivity contribution in [1.29, 1.82) is 0 Å². The summed E-state index contributed by atoms with van der Waals surface area (Å²) in [5, 5.41) is 27.7. The molecule has 112 valence electrons. The van der Waals surface area contributed by atoms with E-state index in [0.717, 1.165) is 38.5 Å². The molecule has 5 nitrogen and oxygen atoms in total. The summed E-state index contributed by atoms with van der Waals surface area (Å²) in [4.78, 5) is 10.3. The van der Waals surface area contributed by atoms with Crippen molar-refractivity contribution in [3.05, 3.63) is 0 Å². The van der Waals surface area contributed by atoms with E-state index in [0.29, 0.717) is 6.42 Å². The fraction of sp³-hybridized carbons (Fsp3) is 0.929. The van der Waals surface area contributed by atoms with Gasteiger partial charge in [0, 0.05) is 12.8 Å². The van der Waals surface area contributed by atoms with Gasteiger partial charge >= 0.3 is 5.97 Å². The molecule has 0 amide bonds. The number of carboxylic acid groups (broad SMARTS) is 1. The molecule has 4 atom stereocenters. The smallest absolute Gasteiger partial charge is 0.303 e. The molecule has 0 spiro atoms. The monoisotopic (exact) mass is 274 g/mol. The molecule has 1 heterocycles. The van der Waals surface area contributed by atoms with Gasteiger partial charge in [0.2, 0.25) is 0 Å². The number of carboxylic acids is 1. The molecule has 1 aliphatic rings. The fourth-order valence-electron chi connectivity index (χ4n) is 2.48. The number of unbranched alkanes of at least 4 members (excludes halogenated alkanes) is 4. The molecule has 0 aromatic carbocycles. The van der Waals surface area contributed by atoms with E-state index in [9.17, 15) is 15.0 Å². The summed E-state index contributed by atoms with van der Waals surface area (Å²) < 4.78 is 5.62. The first kappa shape index (κ1) is 16.4. The first-order valence-corrected chi connectivity index (χ1v) is 7.24. The van der Waals surface area contributed by atoms with Gasteiger partial charge in [-0.2, -0.15) is 0 Å². The van der Waals surface area contributed by atoms with Crippen LogP contribution in [0.5, 0.6) is 0 Å². The lowest BCUT2D eigenvalue weighted by molar-refractivity contribution is -0.137. The van der Waals surface area contributed by atoms with Crippen LogP contribution in [0.15, 0.2) is 0 Å². The van der Waals surface area contributed by atoms with Crippen LogP contribution in [0.1, 0.15) is 58.3 Å². The van der Waals surface area contributed by atoms with Crippen LogP contribution in [0.25, 0.3) is 0 Å². The standard InChI is InChI=1S/C14H26O5/c1-10(15)13-9-11(16)12(19-13)7-5-3-2-4-6-8-14(17)18/h10-13,15-16H,2-9H2,1H3,(H,17,18). The highest BCUT2D eigenvalue weighted by Crippen LogP contribution is 2.26. The minimum Gasteiger partial charge on any atom is -0.481 e. The zero-order valence-electron chi connectivity index (χ0n) is 11.6. The van der Waals surface area contributed by atoms with Gasteiger partial charge in [0.15, 0.2) is 0 Å². The Bertz CT molecular complexity index is 267. The third-order valence-electron chi connectivity index (χ3n) is 3.67. The molecule has 0 aromatic heterocycles. The summed E-state index contributed by atoms with van der Waals surface area (Å²) in [5.74, 6) is -0.730. The van der Waals surface area contributed by atoms with E-state index in [2.05, 4.69) is 0 Å². The molecule has 1 rings (SSSR count). The van der Waals surface area contributed by atoms with E-state index < -0.39 is 18.2 Å². The van der Waals surface area contributed by atoms with Crippen molar-refractivity contribution in [2.24, 2.45) is 0 Å². The second kappa shape index (κ2) is 8.51. The van der Waals surface area contributed by atoms with Gasteiger partial charge in [-0.05, 0) is 19.8 Å². The number of carbonyl (C=O) groups is 1. The number of hydrogen-bond donors (Lipinski definition) is 3. The van der Waals surface area contributed by atoms with Crippen LogP contribution >= 0.6 is 0 Å². The lowest BCUT2D eigenvalue weighted by atomic mass is 10.0. The van der Waals surface area contributed by atoms with Gasteiger partial charge in [-0.15, -0.1) is 0 Å². The third kappa shape index (κ3) is 6.36. The van der Waals surface area contributed by atoms with Crippen molar-refractivity contribution in [3.8, 4) is 0 Å². The van der Waals surface area contributed by atoms with Gasteiger partial charge in [0.25, 0.3) is 0 Å². The average Bonchev–Trinajstić information content (AvgIpc) is 2.69. The van der Waals surface area contributed by atoms with E-state index >= 15 is 0 Å². The minimum atomic E-state index is -0.730. The van der Waals surface area contributed by atoms with E-state index in [1.807, 2.05) is 0 Å². The van der Waals surface area contributed by atoms with E-state index in [4.69, 9.17) is 9.84 Å². The van der Waals surface area contributed by atoms with Crippen molar-refractivity contribution >= 4 is 5.97 Å². The molecule has 1 fully saturated rings. The largest absolute Gasteiger partial charge is 0.481 e. The minimum absolute atomic E-state index is 0.154. The van der Waals surface area contributed by atoms with Crippen LogP contribution in [-0.4, -0.2) is 45.7 Å². The molecule has 19 heavy (non-hydrogen) atoms. The van der Waals surface area contributed by atoms with E-state index in [1.165, 1.54) is 0 Å². The third-order valence-corrected chi connectivity index (χ3v) is 3.67. The summed E-state index contributed by atoms with van der Waals surface area (Å²) >= 11 is 0. The van der Waals surface area contributed by atoms with Crippen LogP contribution in [0.2, 0.25) is 0 Å². The van der Waals surface area contributed by atoms with Crippen LogP contribution in [0.3, 0.4) is 0 Å². The molecule has 5 heteroatoms. The molecule has 0 bridgehead atoms. The highest BCUT2D eigenvalue weighted by Gasteiger charge is 2.35. The molecule has 0 radical (unpaired) electrons. The molecule has 0 saturated carbocycles. The van der Waals surface area contributed by atoms with Crippen LogP contribution in [0, 0.1) is 0 Å². The van der Waals surface area contributed by atoms with Crippen molar-refractivity contribution in [2.75, 3.05) is 0 Å². The van der Waals surface area contributed by atoms with Crippen molar-refractivity contribution < 1.29 is 24.9 Å². The number of aliphatic hydroxyl groups excluding tert-OH is 2. The molecule has 1 saturated heterocycles. The van der Waals surface area contributed by atoms with Gasteiger partial charge < -0.3 is 20.1 Å². The molecule has 3 N–H and O–H groups in total. The van der Waals surface area contributed by atoms with Crippen molar-refractivity contribution in [3.63, 3.8) is 0 Å². The summed E-state index contributed by atoms with van der Waals surface area (Å²) in [6.07, 6.45) is 4.89. The Morgan fingerprint density at radius 3 is 2.47 bits per heavy atom. The van der Waals surface area contributed by atoms with Gasteiger partial charge in [-0.25, -0.2) is 0 Å². The topological polar surface area (TPSA) is 87.0 Å². The second-order valence-electron chi connectivity index (χ2n) is 5.46. The Morgan fingerprint density at radius 1 is 1.26 bits per heavy atom. The number of aliphatic hydroxyl groups is 2. The number of aliphatic carboxylic acids is 1. The van der Waals surface area contributed by atoms with Crippen LogP contribution in [-0.2, 0) is 9.53 Å². The predicted molar refractivity (Wildman–Crippen MR) is 70.9 cm³/mol. The molecule has 4 unspecified atom stereocenters. The maximum atomic E-state index is 10.3. The van der Waals surface area contributed by atoms with Gasteiger partial charge in [-0.1, -0.05) is 25.7 Å². The average molecular weight is 274 g/mol. The van der Waals surface area contributed by atoms with E-state index in [1.54, 1.807) is 6.92 Å². The maximum Gasteiger partial charge on any atom is 0.303 e. The van der Waals surface area contributed by atoms with E-state index in [-0.39, 0.29) is 18.6 Å². The molecule has 1 aliphatic heterocycles. The van der Waals surface area contributed by atoms with Crippen LogP contribution < -0.4 is 0 Å². The normalized spacial score (nSPS) is 28.5. The van der Waals surface area contributed by atoms with Gasteiger partial charge in [0.05, 0.1) is 24.4 Å². The molecular formula is C14H26O5. The number of rotatable bonds is 9. The Kier molecular flexibility index (Phi) is 7.34. The highest BCUT2D eigenvalue weighted by atomic mass is 16.5. The quantitative estimate of drug-likeness (QED) is 0.557. The van der Waals surface area contributed by atoms with Gasteiger partial charge in [-0.3, -0.25) is 4.79 Å². The zero-order chi connectivity index (χ0) is 14.3. The molecule has 0 aromatic rings. The highest BCUT2D eigenvalue weighted by molar-refractivity contribution is 5.66. The summed E-state index contributed by atoms with van der Waals surface area (Å²) in [7, 11) is 0. The number of ether oxygens (including phenoxy) is 1. The lowest BCUT2D eigenvalue weighted by Crippen LogP contribution is -2.23. The summed E-state index contributed by atoms with van der Waals surface area (Å²) in [5.41, 5.74) is 0. The predicted octanol–water partition coefficient (Wildman–Crippen LogP) is 1.70. The maximum absolute atomic E-state index is 10.3. The Balaban J connectivity index is 2.02. The Labute approximate surface area is 114 Å². The second-order valence-corrected chi connectivity index (χ2v) is 5.46. The summed E-state index contributed by atoms with van der Waals surface area (Å²) in [6, 6.07) is 0.